The fourth-order valence-corrected chi connectivity index (χ4v) is 4.95. The molecule has 0 aromatic heterocycles. The Morgan fingerprint density at radius 3 is 2.47 bits per heavy atom. The van der Waals surface area contributed by atoms with Gasteiger partial charge in [0.25, 0.3) is 0 Å². The zero-order valence-electron chi connectivity index (χ0n) is 17.9. The van der Waals surface area contributed by atoms with E-state index in [-0.39, 0.29) is 23.5 Å². The highest BCUT2D eigenvalue weighted by Gasteiger charge is 2.68. The third-order valence-corrected chi connectivity index (χ3v) is 6.51. The van der Waals surface area contributed by atoms with Crippen molar-refractivity contribution in [2.45, 2.75) is 31.8 Å². The van der Waals surface area contributed by atoms with E-state index in [4.69, 9.17) is 4.74 Å². The van der Waals surface area contributed by atoms with Crippen LogP contribution < -0.4 is 10.2 Å². The minimum Gasteiger partial charge on any atom is -0.468 e. The lowest BCUT2D eigenvalue weighted by Crippen LogP contribution is -2.56. The lowest BCUT2D eigenvalue weighted by Gasteiger charge is -2.31. The second-order valence-corrected chi connectivity index (χ2v) is 8.08. The quantitative estimate of drug-likeness (QED) is 0.438. The fourth-order valence-electron chi connectivity index (χ4n) is 4.95. The number of ketones is 1. The van der Waals surface area contributed by atoms with Crippen molar-refractivity contribution in [1.29, 1.82) is 0 Å². The Labute approximate surface area is 184 Å². The van der Waals surface area contributed by atoms with Crippen molar-refractivity contribution in [3.8, 4) is 0 Å². The van der Waals surface area contributed by atoms with Gasteiger partial charge in [-0.3, -0.25) is 24.5 Å². The maximum atomic E-state index is 14.7. The highest BCUT2D eigenvalue weighted by Crippen LogP contribution is 2.51. The van der Waals surface area contributed by atoms with Gasteiger partial charge < -0.3 is 4.74 Å². The SMILES string of the molecule is CCC1(C(=O)OC)NC(c2ccccc2F)C2C(=O)N(c3cccc(C(C)=O)c3)C(=O)C21. The van der Waals surface area contributed by atoms with Gasteiger partial charge in [-0.25, -0.2) is 9.29 Å². The number of benzene rings is 2. The first-order valence-corrected chi connectivity index (χ1v) is 10.4. The molecule has 8 heteroatoms. The van der Waals surface area contributed by atoms with Gasteiger partial charge in [-0.1, -0.05) is 37.3 Å². The molecule has 2 aliphatic rings. The molecule has 0 spiro atoms. The molecule has 2 aromatic rings. The van der Waals surface area contributed by atoms with Crippen LogP contribution in [-0.4, -0.2) is 36.2 Å². The van der Waals surface area contributed by atoms with Crippen LogP contribution in [0, 0.1) is 17.7 Å². The number of hydrogen-bond donors (Lipinski definition) is 1. The Kier molecular flexibility index (Phi) is 5.42. The highest BCUT2D eigenvalue weighted by atomic mass is 19.1. The summed E-state index contributed by atoms with van der Waals surface area (Å²) in [5.74, 6) is -4.68. The van der Waals surface area contributed by atoms with Gasteiger partial charge in [-0.2, -0.15) is 0 Å². The van der Waals surface area contributed by atoms with Gasteiger partial charge in [0.05, 0.1) is 24.6 Å². The van der Waals surface area contributed by atoms with E-state index < -0.39 is 47.0 Å². The second kappa shape index (κ2) is 7.94. The number of fused-ring (bicyclic) bond motifs is 1. The minimum atomic E-state index is -1.49. The van der Waals surface area contributed by atoms with Crippen LogP contribution in [0.2, 0.25) is 0 Å². The number of hydrogen-bond acceptors (Lipinski definition) is 6. The number of nitrogens with zero attached hydrogens (tertiary/aromatic N) is 1. The summed E-state index contributed by atoms with van der Waals surface area (Å²) in [7, 11) is 1.21. The Morgan fingerprint density at radius 2 is 1.84 bits per heavy atom. The Balaban J connectivity index is 1.88. The average Bonchev–Trinajstić information content (AvgIpc) is 3.27. The molecule has 2 aromatic carbocycles. The first kappa shape index (κ1) is 21.8. The van der Waals surface area contributed by atoms with Crippen molar-refractivity contribution < 1.29 is 28.3 Å². The first-order valence-electron chi connectivity index (χ1n) is 10.4. The number of halogens is 1. The summed E-state index contributed by atoms with van der Waals surface area (Å²) >= 11 is 0. The Hall–Kier alpha value is -3.39. The van der Waals surface area contributed by atoms with Crippen molar-refractivity contribution in [2.24, 2.45) is 11.8 Å². The number of rotatable bonds is 5. The van der Waals surface area contributed by atoms with E-state index in [1.165, 1.54) is 38.3 Å². The summed E-state index contributed by atoms with van der Waals surface area (Å²) in [6.07, 6.45) is 0.159. The molecule has 166 valence electrons. The lowest BCUT2D eigenvalue weighted by atomic mass is 9.78. The predicted octanol–water partition coefficient (Wildman–Crippen LogP) is 2.80. The van der Waals surface area contributed by atoms with E-state index in [1.54, 1.807) is 31.2 Å². The number of ether oxygens (including phenoxy) is 1. The van der Waals surface area contributed by atoms with Crippen LogP contribution in [0.3, 0.4) is 0 Å². The number of amides is 2. The smallest absolute Gasteiger partial charge is 0.326 e. The molecular formula is C24H23FN2O5. The van der Waals surface area contributed by atoms with E-state index in [2.05, 4.69) is 5.32 Å². The number of anilines is 1. The van der Waals surface area contributed by atoms with E-state index in [1.807, 2.05) is 0 Å². The van der Waals surface area contributed by atoms with Gasteiger partial charge in [0.15, 0.2) is 5.78 Å². The monoisotopic (exact) mass is 438 g/mol. The maximum Gasteiger partial charge on any atom is 0.326 e. The van der Waals surface area contributed by atoms with Crippen LogP contribution in [0.25, 0.3) is 0 Å². The summed E-state index contributed by atoms with van der Waals surface area (Å²) in [6.45, 7) is 3.10. The molecule has 7 nitrogen and oxygen atoms in total. The van der Waals surface area contributed by atoms with Gasteiger partial charge in [-0.15, -0.1) is 0 Å². The van der Waals surface area contributed by atoms with E-state index >= 15 is 0 Å². The molecule has 2 saturated heterocycles. The summed E-state index contributed by atoms with van der Waals surface area (Å²) in [5.41, 5.74) is -0.711. The molecule has 1 N–H and O–H groups in total. The van der Waals surface area contributed by atoms with Crippen LogP contribution in [0.4, 0.5) is 10.1 Å². The molecule has 4 rings (SSSR count). The van der Waals surface area contributed by atoms with E-state index in [0.29, 0.717) is 5.56 Å². The average molecular weight is 438 g/mol. The summed E-state index contributed by atoms with van der Waals surface area (Å²) in [4.78, 5) is 52.9. The number of imide groups is 1. The van der Waals surface area contributed by atoms with Crippen molar-refractivity contribution in [3.63, 3.8) is 0 Å². The zero-order chi connectivity index (χ0) is 23.2. The summed E-state index contributed by atoms with van der Waals surface area (Å²) in [5, 5.41) is 3.09. The third-order valence-electron chi connectivity index (χ3n) is 6.51. The van der Waals surface area contributed by atoms with Gasteiger partial charge >= 0.3 is 5.97 Å². The summed E-state index contributed by atoms with van der Waals surface area (Å²) in [6, 6.07) is 11.3. The molecule has 0 radical (unpaired) electrons. The van der Waals surface area contributed by atoms with Crippen molar-refractivity contribution in [3.05, 3.63) is 65.5 Å². The predicted molar refractivity (Wildman–Crippen MR) is 113 cm³/mol. The van der Waals surface area contributed by atoms with Crippen LogP contribution in [0.5, 0.6) is 0 Å². The molecule has 2 heterocycles. The number of esters is 1. The lowest BCUT2D eigenvalue weighted by molar-refractivity contribution is -0.152. The van der Waals surface area contributed by atoms with Gasteiger partial charge in [0, 0.05) is 17.2 Å². The van der Waals surface area contributed by atoms with Gasteiger partial charge in [0.2, 0.25) is 11.8 Å². The Morgan fingerprint density at radius 1 is 1.12 bits per heavy atom. The normalized spacial score (nSPS) is 26.9. The molecule has 4 atom stereocenters. The van der Waals surface area contributed by atoms with E-state index in [0.717, 1.165) is 4.90 Å². The molecule has 32 heavy (non-hydrogen) atoms. The summed E-state index contributed by atoms with van der Waals surface area (Å²) < 4.78 is 19.7. The molecule has 2 aliphatic heterocycles. The fraction of sp³-hybridized carbons (Fsp3) is 0.333. The topological polar surface area (TPSA) is 92.8 Å². The molecule has 2 amide bonds. The largest absolute Gasteiger partial charge is 0.468 e. The van der Waals surface area contributed by atoms with E-state index in [9.17, 15) is 23.6 Å². The second-order valence-electron chi connectivity index (χ2n) is 8.08. The molecule has 2 fully saturated rings. The van der Waals surface area contributed by atoms with Gasteiger partial charge in [-0.05, 0) is 31.5 Å². The number of carbonyl (C=O) groups excluding carboxylic acids is 4. The molecule has 4 unspecified atom stereocenters. The van der Waals surface area contributed by atoms with Crippen LogP contribution in [-0.2, 0) is 19.1 Å². The van der Waals surface area contributed by atoms with Crippen LogP contribution in [0.1, 0.15) is 42.2 Å². The van der Waals surface area contributed by atoms with Crippen molar-refractivity contribution >= 4 is 29.3 Å². The van der Waals surface area contributed by atoms with Crippen LogP contribution >= 0.6 is 0 Å². The number of nitrogens with one attached hydrogen (secondary N) is 1. The van der Waals surface area contributed by atoms with Crippen molar-refractivity contribution in [2.75, 3.05) is 12.0 Å². The van der Waals surface area contributed by atoms with Crippen molar-refractivity contribution in [1.82, 2.24) is 5.32 Å². The van der Waals surface area contributed by atoms with Crippen LogP contribution in [0.15, 0.2) is 48.5 Å². The first-order chi connectivity index (χ1) is 15.3. The maximum absolute atomic E-state index is 14.7. The third kappa shape index (κ3) is 3.05. The number of methoxy groups -OCH3 is 1. The highest BCUT2D eigenvalue weighted by molar-refractivity contribution is 6.24. The molecular weight excluding hydrogens is 415 g/mol. The minimum absolute atomic E-state index is 0.159. The Bertz CT molecular complexity index is 1130. The number of carbonyl (C=O) groups is 4. The molecule has 0 saturated carbocycles. The molecule has 0 aliphatic carbocycles. The zero-order valence-corrected chi connectivity index (χ0v) is 17.9. The van der Waals surface area contributed by atoms with Gasteiger partial charge in [0.1, 0.15) is 11.4 Å². The standard InChI is InChI=1S/C24H23FN2O5/c1-4-24(23(31)32-3)19-18(20(26-24)16-10-5-6-11-17(16)25)21(29)27(22(19)30)15-9-7-8-14(12-15)13(2)28/h5-12,18-20,26H,4H2,1-3H3. The molecule has 0 bridgehead atoms. The number of Topliss-reactive ketones (excluding diaryl/α,β-unsaturated/α-hetero) is 1.